The van der Waals surface area contributed by atoms with Gasteiger partial charge in [0.2, 0.25) is 5.91 Å². The number of anilines is 1. The summed E-state index contributed by atoms with van der Waals surface area (Å²) in [5.74, 6) is 0.537. The Bertz CT molecular complexity index is 944. The van der Waals surface area contributed by atoms with Gasteiger partial charge in [-0.2, -0.15) is 0 Å². The van der Waals surface area contributed by atoms with E-state index >= 15 is 0 Å². The largest absolute Gasteiger partial charge is 0.392 e. The Labute approximate surface area is 182 Å². The van der Waals surface area contributed by atoms with Crippen molar-refractivity contribution >= 4 is 17.5 Å². The SMILES string of the molecule is CC(=O)N1CC(Nc2cc(C(=O)CC[C@H](O)CN3CCc4ccccc4C3)ncn2)C1. The lowest BCUT2D eigenvalue weighted by atomic mass is 9.99. The molecule has 1 aromatic heterocycles. The molecule has 2 aliphatic rings. The summed E-state index contributed by atoms with van der Waals surface area (Å²) >= 11 is 0. The zero-order valence-corrected chi connectivity index (χ0v) is 17.8. The molecule has 0 saturated carbocycles. The lowest BCUT2D eigenvalue weighted by molar-refractivity contribution is -0.132. The Hall–Kier alpha value is -2.84. The molecule has 2 aliphatic heterocycles. The van der Waals surface area contributed by atoms with Gasteiger partial charge in [-0.3, -0.25) is 14.5 Å². The number of hydrogen-bond acceptors (Lipinski definition) is 7. The molecule has 2 N–H and O–H groups in total. The molecule has 0 unspecified atom stereocenters. The number of fused-ring (bicyclic) bond motifs is 1. The van der Waals surface area contributed by atoms with Crippen LogP contribution in [0.1, 0.15) is 41.4 Å². The van der Waals surface area contributed by atoms with E-state index in [0.29, 0.717) is 37.6 Å². The smallest absolute Gasteiger partial charge is 0.219 e. The highest BCUT2D eigenvalue weighted by Crippen LogP contribution is 2.19. The summed E-state index contributed by atoms with van der Waals surface area (Å²) in [5, 5.41) is 13.7. The molecule has 1 amide bonds. The third kappa shape index (κ3) is 5.45. The average Bonchev–Trinajstić information content (AvgIpc) is 2.74. The van der Waals surface area contributed by atoms with Crippen LogP contribution in [0.3, 0.4) is 0 Å². The number of rotatable bonds is 8. The van der Waals surface area contributed by atoms with Gasteiger partial charge in [0.15, 0.2) is 5.78 Å². The van der Waals surface area contributed by atoms with E-state index in [4.69, 9.17) is 0 Å². The van der Waals surface area contributed by atoms with Crippen molar-refractivity contribution in [2.24, 2.45) is 0 Å². The molecule has 8 nitrogen and oxygen atoms in total. The van der Waals surface area contributed by atoms with E-state index < -0.39 is 6.10 Å². The molecule has 1 aromatic carbocycles. The number of amides is 1. The molecular weight excluding hydrogens is 394 g/mol. The van der Waals surface area contributed by atoms with Gasteiger partial charge in [0.1, 0.15) is 17.8 Å². The minimum Gasteiger partial charge on any atom is -0.392 e. The molecule has 2 aromatic rings. The van der Waals surface area contributed by atoms with E-state index in [2.05, 4.69) is 38.4 Å². The van der Waals surface area contributed by atoms with Gasteiger partial charge in [0, 0.05) is 52.1 Å². The van der Waals surface area contributed by atoms with Crippen LogP contribution in [0.25, 0.3) is 0 Å². The summed E-state index contributed by atoms with van der Waals surface area (Å²) in [6.07, 6.45) is 2.45. The number of benzene rings is 1. The molecule has 164 valence electrons. The van der Waals surface area contributed by atoms with Gasteiger partial charge < -0.3 is 15.3 Å². The Morgan fingerprint density at radius 2 is 2.00 bits per heavy atom. The summed E-state index contributed by atoms with van der Waals surface area (Å²) in [4.78, 5) is 36.1. The van der Waals surface area contributed by atoms with Crippen LogP contribution in [-0.4, -0.2) is 74.9 Å². The second-order valence-electron chi connectivity index (χ2n) is 8.42. The lowest BCUT2D eigenvalue weighted by Crippen LogP contribution is -2.56. The molecule has 1 saturated heterocycles. The van der Waals surface area contributed by atoms with E-state index in [1.54, 1.807) is 17.9 Å². The number of ketones is 1. The van der Waals surface area contributed by atoms with Crippen molar-refractivity contribution in [3.63, 3.8) is 0 Å². The number of hydrogen-bond donors (Lipinski definition) is 2. The summed E-state index contributed by atoms with van der Waals surface area (Å²) in [6, 6.07) is 10.2. The number of carbonyl (C=O) groups excluding carboxylic acids is 2. The van der Waals surface area contributed by atoms with E-state index in [-0.39, 0.29) is 24.2 Å². The van der Waals surface area contributed by atoms with E-state index in [9.17, 15) is 14.7 Å². The number of likely N-dealkylation sites (tertiary alicyclic amines) is 1. The summed E-state index contributed by atoms with van der Waals surface area (Å²) in [6.45, 7) is 5.14. The highest BCUT2D eigenvalue weighted by Gasteiger charge is 2.28. The number of nitrogens with zero attached hydrogens (tertiary/aromatic N) is 4. The maximum Gasteiger partial charge on any atom is 0.219 e. The standard InChI is InChI=1S/C23H29N5O3/c1-16(29)28-12-19(13-28)26-23-10-21(24-15-25-23)22(31)7-6-20(30)14-27-9-8-17-4-2-3-5-18(17)11-27/h2-5,10,15,19-20,30H,6-9,11-14H2,1H3,(H,24,25,26)/t20-/m0/s1. The molecule has 3 heterocycles. The van der Waals surface area contributed by atoms with Crippen LogP contribution in [0.5, 0.6) is 0 Å². The molecule has 0 aliphatic carbocycles. The maximum atomic E-state index is 12.6. The minimum absolute atomic E-state index is 0.0592. The molecular formula is C23H29N5O3. The quantitative estimate of drug-likeness (QED) is 0.621. The fourth-order valence-electron chi connectivity index (χ4n) is 4.15. The third-order valence-corrected chi connectivity index (χ3v) is 6.01. The van der Waals surface area contributed by atoms with Crippen LogP contribution in [0.2, 0.25) is 0 Å². The van der Waals surface area contributed by atoms with Gasteiger partial charge in [0.05, 0.1) is 12.1 Å². The zero-order valence-electron chi connectivity index (χ0n) is 17.8. The van der Waals surface area contributed by atoms with Crippen molar-refractivity contribution < 1.29 is 14.7 Å². The third-order valence-electron chi connectivity index (χ3n) is 6.01. The van der Waals surface area contributed by atoms with Gasteiger partial charge in [-0.15, -0.1) is 0 Å². The van der Waals surface area contributed by atoms with Crippen molar-refractivity contribution in [3.8, 4) is 0 Å². The van der Waals surface area contributed by atoms with E-state index in [1.165, 1.54) is 17.5 Å². The first-order valence-electron chi connectivity index (χ1n) is 10.8. The zero-order chi connectivity index (χ0) is 21.8. The second-order valence-corrected chi connectivity index (χ2v) is 8.42. The Balaban J connectivity index is 1.23. The van der Waals surface area contributed by atoms with Crippen molar-refractivity contribution in [1.29, 1.82) is 0 Å². The Morgan fingerprint density at radius 3 is 2.77 bits per heavy atom. The number of aromatic nitrogens is 2. The van der Waals surface area contributed by atoms with E-state index in [1.807, 2.05) is 6.07 Å². The topological polar surface area (TPSA) is 98.7 Å². The van der Waals surface area contributed by atoms with Crippen LogP contribution in [0.4, 0.5) is 5.82 Å². The predicted molar refractivity (Wildman–Crippen MR) is 117 cm³/mol. The van der Waals surface area contributed by atoms with Crippen LogP contribution in [0.15, 0.2) is 36.7 Å². The van der Waals surface area contributed by atoms with Gasteiger partial charge in [-0.1, -0.05) is 24.3 Å². The van der Waals surface area contributed by atoms with Crippen molar-refractivity contribution in [1.82, 2.24) is 19.8 Å². The second kappa shape index (κ2) is 9.53. The van der Waals surface area contributed by atoms with Crippen LogP contribution in [-0.2, 0) is 17.8 Å². The molecule has 0 radical (unpaired) electrons. The van der Waals surface area contributed by atoms with Gasteiger partial charge in [-0.25, -0.2) is 9.97 Å². The van der Waals surface area contributed by atoms with E-state index in [0.717, 1.165) is 19.5 Å². The maximum absolute atomic E-state index is 12.6. The molecule has 1 atom stereocenters. The highest BCUT2D eigenvalue weighted by atomic mass is 16.3. The number of aliphatic hydroxyl groups is 1. The fourth-order valence-corrected chi connectivity index (χ4v) is 4.15. The molecule has 31 heavy (non-hydrogen) atoms. The summed E-state index contributed by atoms with van der Waals surface area (Å²) < 4.78 is 0. The minimum atomic E-state index is -0.554. The van der Waals surface area contributed by atoms with Crippen LogP contribution < -0.4 is 5.32 Å². The van der Waals surface area contributed by atoms with Crippen molar-refractivity contribution in [2.45, 2.75) is 44.9 Å². The summed E-state index contributed by atoms with van der Waals surface area (Å²) in [5.41, 5.74) is 3.04. The first-order valence-corrected chi connectivity index (χ1v) is 10.8. The van der Waals surface area contributed by atoms with Crippen LogP contribution >= 0.6 is 0 Å². The first-order chi connectivity index (χ1) is 15.0. The Kier molecular flexibility index (Phi) is 6.58. The van der Waals surface area contributed by atoms with Crippen molar-refractivity contribution in [2.75, 3.05) is 31.5 Å². The number of carbonyl (C=O) groups is 2. The fraction of sp³-hybridized carbons (Fsp3) is 0.478. The van der Waals surface area contributed by atoms with Gasteiger partial charge >= 0.3 is 0 Å². The summed E-state index contributed by atoms with van der Waals surface area (Å²) in [7, 11) is 0. The first kappa shape index (κ1) is 21.4. The molecule has 0 bridgehead atoms. The normalized spacial score (nSPS) is 17.5. The van der Waals surface area contributed by atoms with Crippen LogP contribution in [0, 0.1) is 0 Å². The molecule has 4 rings (SSSR count). The van der Waals surface area contributed by atoms with Gasteiger partial charge in [0.25, 0.3) is 0 Å². The Morgan fingerprint density at radius 1 is 1.23 bits per heavy atom. The molecule has 1 fully saturated rings. The number of aliphatic hydroxyl groups excluding tert-OH is 1. The molecule has 8 heteroatoms. The predicted octanol–water partition coefficient (Wildman–Crippen LogP) is 1.50. The number of β-amino-alcohol motifs (C(OH)–C–C–N with tert-alkyl or cyclic N) is 1. The van der Waals surface area contributed by atoms with Gasteiger partial charge in [-0.05, 0) is 24.0 Å². The lowest BCUT2D eigenvalue weighted by Gasteiger charge is -2.39. The number of nitrogens with one attached hydrogen (secondary N) is 1. The monoisotopic (exact) mass is 423 g/mol. The number of Topliss-reactive ketones (excluding diaryl/α,β-unsaturated/α-hetero) is 1. The average molecular weight is 424 g/mol. The van der Waals surface area contributed by atoms with Crippen molar-refractivity contribution in [3.05, 3.63) is 53.5 Å². The highest BCUT2D eigenvalue weighted by molar-refractivity contribution is 5.94. The molecule has 0 spiro atoms.